The molecule has 1 aliphatic carbocycles. The van der Waals surface area contributed by atoms with Crippen LogP contribution in [0.5, 0.6) is 5.75 Å². The molecule has 2 amide bonds. The first-order chi connectivity index (χ1) is 18.8. The van der Waals surface area contributed by atoms with Crippen LogP contribution in [-0.2, 0) is 9.59 Å². The number of aliphatic hydroxyl groups is 1. The van der Waals surface area contributed by atoms with Gasteiger partial charge in [-0.2, -0.15) is 18.4 Å². The van der Waals surface area contributed by atoms with Crippen LogP contribution in [0.4, 0.5) is 13.2 Å². The summed E-state index contributed by atoms with van der Waals surface area (Å²) in [6.07, 6.45) is -9.08. The van der Waals surface area contributed by atoms with Gasteiger partial charge in [-0.3, -0.25) is 14.5 Å². The number of aliphatic imine (C=N–C) groups is 1. The zero-order valence-corrected chi connectivity index (χ0v) is 21.7. The number of hydrogen-bond donors (Lipinski definition) is 3. The van der Waals surface area contributed by atoms with Gasteiger partial charge in [0, 0.05) is 11.5 Å². The van der Waals surface area contributed by atoms with Crippen LogP contribution in [0, 0.1) is 23.2 Å². The van der Waals surface area contributed by atoms with Crippen molar-refractivity contribution in [3.8, 4) is 11.8 Å². The minimum Gasteiger partial charge on any atom is -0.478 e. The molecule has 9 nitrogen and oxygen atoms in total. The predicted molar refractivity (Wildman–Crippen MR) is 136 cm³/mol. The minimum absolute atomic E-state index is 0.0125. The fraction of sp³-hybridized carbons (Fsp3) is 0.429. The summed E-state index contributed by atoms with van der Waals surface area (Å²) in [4.78, 5) is 32.5. The molecule has 0 spiro atoms. The number of guanidine groups is 1. The van der Waals surface area contributed by atoms with Gasteiger partial charge >= 0.3 is 6.18 Å². The molecule has 4 N–H and O–H groups in total. The first-order valence-corrected chi connectivity index (χ1v) is 12.8. The number of nitrogens with zero attached hydrogens (tertiary/aromatic N) is 3. The molecule has 2 heterocycles. The summed E-state index contributed by atoms with van der Waals surface area (Å²) in [5.41, 5.74) is 6.70. The Labute approximate surface area is 228 Å². The second-order valence-electron chi connectivity index (χ2n) is 11.0. The number of aliphatic hydroxyl groups excluding tert-OH is 1. The van der Waals surface area contributed by atoms with Crippen LogP contribution < -0.4 is 15.8 Å². The number of ether oxygens (including phenoxy) is 1. The number of alkyl halides is 3. The van der Waals surface area contributed by atoms with Crippen LogP contribution in [-0.4, -0.2) is 51.7 Å². The summed E-state index contributed by atoms with van der Waals surface area (Å²) in [6.45, 7) is 3.55. The Hall–Kier alpha value is -4.11. The van der Waals surface area contributed by atoms with Gasteiger partial charge in [-0.1, -0.05) is 30.3 Å². The van der Waals surface area contributed by atoms with Crippen LogP contribution >= 0.6 is 0 Å². The molecule has 210 valence electrons. The number of amides is 2. The van der Waals surface area contributed by atoms with Gasteiger partial charge in [-0.05, 0) is 49.9 Å². The molecule has 2 aromatic rings. The van der Waals surface area contributed by atoms with Gasteiger partial charge in [-0.25, -0.2) is 4.99 Å². The zero-order valence-electron chi connectivity index (χ0n) is 21.7. The number of para-hydroxylation sites is 1. The van der Waals surface area contributed by atoms with Gasteiger partial charge in [-0.15, -0.1) is 0 Å². The lowest BCUT2D eigenvalue weighted by Crippen LogP contribution is -2.54. The Balaban J connectivity index is 1.44. The molecular formula is C28H28F3N5O4. The number of rotatable bonds is 5. The molecule has 12 heteroatoms. The SMILES string of the molecule is CC1(C)CC(=O)N([C@H](c2cccc(C#N)c2)[C@H]2C[C@@H]2C(=O)N[C@@H]2c3ccccc3O[C@H](C(F)(F)F)[C@H]2O)C(N)=N1. The predicted octanol–water partition coefficient (Wildman–Crippen LogP) is 3.10. The van der Waals surface area contributed by atoms with Crippen molar-refractivity contribution in [1.82, 2.24) is 10.2 Å². The lowest BCUT2D eigenvalue weighted by molar-refractivity contribution is -0.229. The maximum absolute atomic E-state index is 13.6. The van der Waals surface area contributed by atoms with E-state index >= 15 is 0 Å². The van der Waals surface area contributed by atoms with E-state index in [-0.39, 0.29) is 29.6 Å². The van der Waals surface area contributed by atoms with Crippen molar-refractivity contribution in [2.45, 2.75) is 62.7 Å². The largest absolute Gasteiger partial charge is 0.478 e. The third-order valence-corrected chi connectivity index (χ3v) is 7.51. The Kier molecular flexibility index (Phi) is 6.74. The first-order valence-electron chi connectivity index (χ1n) is 12.8. The normalized spacial score (nSPS) is 27.9. The Bertz CT molecular complexity index is 1420. The summed E-state index contributed by atoms with van der Waals surface area (Å²) in [6, 6.07) is 12.5. The molecule has 0 bridgehead atoms. The van der Waals surface area contributed by atoms with E-state index in [1.165, 1.54) is 23.1 Å². The molecule has 0 saturated heterocycles. The molecule has 3 aliphatic rings. The second-order valence-corrected chi connectivity index (χ2v) is 11.0. The number of nitriles is 1. The van der Waals surface area contributed by atoms with Crippen molar-refractivity contribution in [3.63, 3.8) is 0 Å². The number of nitrogens with one attached hydrogen (secondary N) is 1. The molecule has 6 atom stereocenters. The van der Waals surface area contributed by atoms with Crippen molar-refractivity contribution in [3.05, 3.63) is 65.2 Å². The van der Waals surface area contributed by atoms with Crippen LogP contribution in [0.15, 0.2) is 53.5 Å². The van der Waals surface area contributed by atoms with Crippen LogP contribution in [0.2, 0.25) is 0 Å². The van der Waals surface area contributed by atoms with E-state index < -0.39 is 53.7 Å². The summed E-state index contributed by atoms with van der Waals surface area (Å²) < 4.78 is 45.9. The first kappa shape index (κ1) is 27.5. The topological polar surface area (TPSA) is 141 Å². The van der Waals surface area contributed by atoms with Crippen LogP contribution in [0.1, 0.15) is 55.5 Å². The van der Waals surface area contributed by atoms with Gasteiger partial charge in [0.05, 0.1) is 35.7 Å². The molecule has 40 heavy (non-hydrogen) atoms. The van der Waals surface area contributed by atoms with Gasteiger partial charge in [0.15, 0.2) is 5.96 Å². The average Bonchev–Trinajstić information content (AvgIpc) is 3.67. The molecule has 0 radical (unpaired) electrons. The average molecular weight is 556 g/mol. The maximum Gasteiger partial charge on any atom is 0.428 e. The van der Waals surface area contributed by atoms with E-state index in [0.717, 1.165) is 0 Å². The molecule has 2 aliphatic heterocycles. The monoisotopic (exact) mass is 555 g/mol. The number of hydrogen-bond acceptors (Lipinski definition) is 7. The summed E-state index contributed by atoms with van der Waals surface area (Å²) in [5.74, 6) is -2.12. The molecular weight excluding hydrogens is 527 g/mol. The lowest BCUT2D eigenvalue weighted by atomic mass is 9.92. The van der Waals surface area contributed by atoms with Gasteiger partial charge in [0.25, 0.3) is 0 Å². The number of halogens is 3. The third kappa shape index (κ3) is 5.09. The lowest BCUT2D eigenvalue weighted by Gasteiger charge is -2.38. The second kappa shape index (κ2) is 9.82. The summed E-state index contributed by atoms with van der Waals surface area (Å²) in [7, 11) is 0. The molecule has 0 unspecified atom stereocenters. The van der Waals surface area contributed by atoms with Crippen molar-refractivity contribution < 1.29 is 32.6 Å². The fourth-order valence-electron chi connectivity index (χ4n) is 5.62. The Morgan fingerprint density at radius 1 is 1.27 bits per heavy atom. The smallest absolute Gasteiger partial charge is 0.428 e. The van der Waals surface area contributed by atoms with E-state index in [2.05, 4.69) is 16.4 Å². The number of nitrogens with two attached hydrogens (primary N) is 1. The Morgan fingerprint density at radius 3 is 2.67 bits per heavy atom. The van der Waals surface area contributed by atoms with Crippen molar-refractivity contribution in [2.75, 3.05) is 0 Å². The van der Waals surface area contributed by atoms with Crippen molar-refractivity contribution >= 4 is 17.8 Å². The molecule has 0 aromatic heterocycles. The molecule has 1 saturated carbocycles. The zero-order chi connectivity index (χ0) is 29.0. The molecule has 2 aromatic carbocycles. The van der Waals surface area contributed by atoms with Crippen LogP contribution in [0.3, 0.4) is 0 Å². The van der Waals surface area contributed by atoms with Gasteiger partial charge in [0.1, 0.15) is 11.9 Å². The fourth-order valence-corrected chi connectivity index (χ4v) is 5.62. The van der Waals surface area contributed by atoms with E-state index in [1.54, 1.807) is 44.2 Å². The third-order valence-electron chi connectivity index (χ3n) is 7.51. The van der Waals surface area contributed by atoms with Crippen LogP contribution in [0.25, 0.3) is 0 Å². The van der Waals surface area contributed by atoms with Crippen molar-refractivity contribution in [2.24, 2.45) is 22.6 Å². The number of benzene rings is 2. The number of fused-ring (bicyclic) bond motifs is 1. The maximum atomic E-state index is 13.6. The van der Waals surface area contributed by atoms with E-state index in [1.807, 2.05) is 0 Å². The molecule has 1 fully saturated rings. The summed E-state index contributed by atoms with van der Waals surface area (Å²) in [5, 5.41) is 22.6. The Morgan fingerprint density at radius 2 is 2.00 bits per heavy atom. The summed E-state index contributed by atoms with van der Waals surface area (Å²) >= 11 is 0. The van der Waals surface area contributed by atoms with Crippen molar-refractivity contribution in [1.29, 1.82) is 5.26 Å². The number of carbonyl (C=O) groups is 2. The van der Waals surface area contributed by atoms with E-state index in [9.17, 15) is 33.1 Å². The minimum atomic E-state index is -4.87. The molecule has 5 rings (SSSR count). The van der Waals surface area contributed by atoms with Gasteiger partial charge in [0.2, 0.25) is 17.9 Å². The van der Waals surface area contributed by atoms with E-state index in [4.69, 9.17) is 10.5 Å². The highest BCUT2D eigenvalue weighted by Gasteiger charge is 2.56. The quantitative estimate of drug-likeness (QED) is 0.518. The standard InChI is InChI=1S/C28H28F3N5O4/c1-27(2)12-20(37)36(26(33)35-27)22(15-7-5-6-14(10-15)13-32)17-11-18(17)25(39)34-21-16-8-3-4-9-19(16)40-24(23(21)38)28(29,30)31/h3-10,17-18,21-24,38H,11-12H2,1-2H3,(H2,33,35)(H,34,39)/t17-,18-,21+,22+,23-,24-/m0/s1. The number of carbonyl (C=O) groups excluding carboxylic acids is 2. The van der Waals surface area contributed by atoms with Gasteiger partial charge < -0.3 is 20.9 Å². The van der Waals surface area contributed by atoms with E-state index in [0.29, 0.717) is 17.5 Å². The highest BCUT2D eigenvalue weighted by atomic mass is 19.4. The highest BCUT2D eigenvalue weighted by Crippen LogP contribution is 2.52. The highest BCUT2D eigenvalue weighted by molar-refractivity contribution is 5.99.